The zero-order valence-corrected chi connectivity index (χ0v) is 18.7. The Balaban J connectivity index is 1.85. The number of para-hydroxylation sites is 2. The summed E-state index contributed by atoms with van der Waals surface area (Å²) in [5.41, 5.74) is 5.60. The molecule has 0 saturated heterocycles. The molecule has 3 aromatic carbocycles. The maximum atomic E-state index is 11.0. The Morgan fingerprint density at radius 1 is 0.625 bits per heavy atom. The second-order valence-electron chi connectivity index (χ2n) is 7.86. The van der Waals surface area contributed by atoms with Crippen LogP contribution in [0.25, 0.3) is 44.1 Å². The predicted molar refractivity (Wildman–Crippen MR) is 128 cm³/mol. The van der Waals surface area contributed by atoms with E-state index in [1.165, 1.54) is 0 Å². The summed E-state index contributed by atoms with van der Waals surface area (Å²) >= 11 is 2.74. The van der Waals surface area contributed by atoms with Gasteiger partial charge in [0.05, 0.1) is 0 Å². The van der Waals surface area contributed by atoms with E-state index in [1.54, 1.807) is 30.3 Å². The molecule has 0 saturated carbocycles. The second kappa shape index (κ2) is 7.52. The van der Waals surface area contributed by atoms with Gasteiger partial charge in [-0.15, -0.1) is 4.43 Å². The number of fused-ring (bicyclic) bond motifs is 2. The molecule has 2 radical (unpaired) electrons. The van der Waals surface area contributed by atoms with E-state index in [9.17, 15) is 15.3 Å². The van der Waals surface area contributed by atoms with Gasteiger partial charge >= 0.3 is 0 Å². The minimum Gasteiger partial charge on any atom is -0.507 e. The molecule has 0 aliphatic carbocycles. The Bertz CT molecular complexity index is 1430. The maximum Gasteiger partial charge on any atom is 0.176 e. The molecule has 0 atom stereocenters. The summed E-state index contributed by atoms with van der Waals surface area (Å²) in [6.07, 6.45) is 0. The summed E-state index contributed by atoms with van der Waals surface area (Å²) in [4.78, 5) is 9.28. The smallest absolute Gasteiger partial charge is 0.176 e. The number of rotatable bonds is 2. The minimum atomic E-state index is 0.121. The van der Waals surface area contributed by atoms with Gasteiger partial charge in [0.25, 0.3) is 0 Å². The van der Waals surface area contributed by atoms with Gasteiger partial charge in [-0.2, -0.15) is 0 Å². The summed E-state index contributed by atoms with van der Waals surface area (Å²) in [7, 11) is 0. The van der Waals surface area contributed by atoms with Crippen molar-refractivity contribution in [3.63, 3.8) is 0 Å². The van der Waals surface area contributed by atoms with Crippen molar-refractivity contribution in [3.8, 4) is 39.5 Å². The van der Waals surface area contributed by atoms with Crippen molar-refractivity contribution in [2.45, 2.75) is 13.8 Å². The topological polar surface area (TPSA) is 86.5 Å². The number of benzene rings is 3. The number of hydrogen-bond donors (Lipinski definition) is 3. The number of phenolic OH excluding ortho intramolecular Hbond substituents is 3. The Hall–Kier alpha value is -3.59. The molecular formula is C26H19AlN2O3. The molecule has 2 heterocycles. The Labute approximate surface area is 193 Å². The minimum absolute atomic E-state index is 0.121. The summed E-state index contributed by atoms with van der Waals surface area (Å²) in [6, 6.07) is 18.0. The highest BCUT2D eigenvalue weighted by Crippen LogP contribution is 2.42. The van der Waals surface area contributed by atoms with Gasteiger partial charge in [-0.1, -0.05) is 30.3 Å². The highest BCUT2D eigenvalue weighted by molar-refractivity contribution is 6.37. The number of aromatic nitrogens is 2. The number of aryl methyl sites for hydroxylation is 2. The summed E-state index contributed by atoms with van der Waals surface area (Å²) in [5, 5.41) is 33.0. The first-order chi connectivity index (χ1) is 15.3. The van der Waals surface area contributed by atoms with Crippen molar-refractivity contribution >= 4 is 42.5 Å². The molecule has 0 fully saturated rings. The molecule has 5 aromatic rings. The lowest BCUT2D eigenvalue weighted by atomic mass is 9.90. The molecule has 0 aliphatic heterocycles. The molecule has 0 unspecified atom stereocenters. The number of nitrogens with zero attached hydrogens (tertiary/aromatic N) is 2. The monoisotopic (exact) mass is 434 g/mol. The first kappa shape index (κ1) is 20.3. The fraction of sp³-hybridized carbons (Fsp3) is 0.0769. The number of pyridine rings is 2. The molecule has 154 valence electrons. The van der Waals surface area contributed by atoms with Crippen molar-refractivity contribution in [3.05, 3.63) is 72.1 Å². The van der Waals surface area contributed by atoms with Gasteiger partial charge in [0.2, 0.25) is 0 Å². The van der Waals surface area contributed by atoms with E-state index in [1.807, 2.05) is 44.2 Å². The van der Waals surface area contributed by atoms with Gasteiger partial charge in [0.1, 0.15) is 28.3 Å². The van der Waals surface area contributed by atoms with Gasteiger partial charge in [-0.05, 0) is 49.7 Å². The third-order valence-electron chi connectivity index (χ3n) is 5.78. The van der Waals surface area contributed by atoms with Crippen LogP contribution in [0.15, 0.2) is 60.7 Å². The molecule has 6 heteroatoms. The number of hydrogen-bond acceptors (Lipinski definition) is 5. The Morgan fingerprint density at radius 2 is 1.12 bits per heavy atom. The summed E-state index contributed by atoms with van der Waals surface area (Å²) in [5.74, 6) is 0.385. The lowest BCUT2D eigenvalue weighted by Crippen LogP contribution is -2.10. The fourth-order valence-corrected chi connectivity index (χ4v) is 4.62. The van der Waals surface area contributed by atoms with Crippen LogP contribution in [-0.4, -0.2) is 41.6 Å². The summed E-state index contributed by atoms with van der Waals surface area (Å²) in [6.45, 7) is 3.76. The molecule has 0 bridgehead atoms. The van der Waals surface area contributed by atoms with Gasteiger partial charge in [0, 0.05) is 38.9 Å². The van der Waals surface area contributed by atoms with E-state index < -0.39 is 0 Å². The molecule has 0 spiro atoms. The average Bonchev–Trinajstić information content (AvgIpc) is 2.76. The van der Waals surface area contributed by atoms with Crippen LogP contribution in [0.1, 0.15) is 11.4 Å². The van der Waals surface area contributed by atoms with Crippen LogP contribution in [0.5, 0.6) is 17.2 Å². The Morgan fingerprint density at radius 3 is 1.66 bits per heavy atom. The van der Waals surface area contributed by atoms with Crippen molar-refractivity contribution in [2.75, 3.05) is 0 Å². The normalized spacial score (nSPS) is 11.3. The largest absolute Gasteiger partial charge is 0.507 e. The molecule has 3 N–H and O–H groups in total. The van der Waals surface area contributed by atoms with Crippen LogP contribution >= 0.6 is 0 Å². The number of phenols is 3. The van der Waals surface area contributed by atoms with Gasteiger partial charge < -0.3 is 15.3 Å². The van der Waals surface area contributed by atoms with E-state index in [2.05, 4.69) is 26.3 Å². The van der Waals surface area contributed by atoms with Crippen LogP contribution in [-0.2, 0) is 0 Å². The zero-order valence-electron chi connectivity index (χ0n) is 17.6. The molecule has 0 amide bonds. The van der Waals surface area contributed by atoms with Gasteiger partial charge in [0.15, 0.2) is 16.3 Å². The number of aromatic hydroxyl groups is 3. The highest BCUT2D eigenvalue weighted by Gasteiger charge is 2.20. The molecular weight excluding hydrogens is 415 g/mol. The van der Waals surface area contributed by atoms with Crippen molar-refractivity contribution in [1.29, 1.82) is 0 Å². The molecule has 32 heavy (non-hydrogen) atoms. The quantitative estimate of drug-likeness (QED) is 0.352. The van der Waals surface area contributed by atoms with Crippen LogP contribution in [0.2, 0.25) is 0 Å². The Kier molecular flexibility index (Phi) is 4.78. The first-order valence-electron chi connectivity index (χ1n) is 10.2. The highest BCUT2D eigenvalue weighted by atomic mass is 27.0. The zero-order chi connectivity index (χ0) is 22.6. The lowest BCUT2D eigenvalue weighted by Gasteiger charge is -2.19. The molecule has 5 nitrogen and oxygen atoms in total. The SMILES string of the molecule is Cc1nc2c(O)cccc2cc1-c1c(O)cc[c]([Al])c1-c1cc2cccc(O)c2nc1C. The molecule has 0 aliphatic rings. The van der Waals surface area contributed by atoms with Crippen molar-refractivity contribution < 1.29 is 15.3 Å². The first-order valence-corrected chi connectivity index (χ1v) is 10.7. The average molecular weight is 434 g/mol. The van der Waals surface area contributed by atoms with E-state index in [0.29, 0.717) is 22.3 Å². The van der Waals surface area contributed by atoms with Crippen LogP contribution in [0, 0.1) is 13.8 Å². The third-order valence-corrected chi connectivity index (χ3v) is 6.27. The maximum absolute atomic E-state index is 11.0. The standard InChI is InChI=1S/C26H19N2O3.Al/c1-14-19(12-16-6-3-10-22(30)25(16)27-14)18-8-5-9-21(29)24(18)20-13-17-7-4-11-23(31)26(17)28-15(20)2;/h3-7,9-13,29-31H,1-2H3;. The fourth-order valence-electron chi connectivity index (χ4n) is 4.23. The van der Waals surface area contributed by atoms with E-state index in [0.717, 1.165) is 37.6 Å². The van der Waals surface area contributed by atoms with Gasteiger partial charge in [-0.3, -0.25) is 0 Å². The lowest BCUT2D eigenvalue weighted by molar-refractivity contribution is 0.477. The van der Waals surface area contributed by atoms with E-state index in [4.69, 9.17) is 0 Å². The van der Waals surface area contributed by atoms with Gasteiger partial charge in [-0.25, -0.2) is 9.97 Å². The van der Waals surface area contributed by atoms with Crippen LogP contribution in [0.3, 0.4) is 0 Å². The molecule has 5 rings (SSSR count). The third kappa shape index (κ3) is 3.16. The van der Waals surface area contributed by atoms with Crippen molar-refractivity contribution in [1.82, 2.24) is 9.97 Å². The van der Waals surface area contributed by atoms with E-state index in [-0.39, 0.29) is 17.2 Å². The summed E-state index contributed by atoms with van der Waals surface area (Å²) < 4.78 is 0.901. The second-order valence-corrected chi connectivity index (χ2v) is 8.49. The predicted octanol–water partition coefficient (Wildman–Crippen LogP) is 4.64. The van der Waals surface area contributed by atoms with Crippen LogP contribution in [0.4, 0.5) is 0 Å². The van der Waals surface area contributed by atoms with E-state index >= 15 is 0 Å². The molecule has 2 aromatic heterocycles. The van der Waals surface area contributed by atoms with Crippen LogP contribution < -0.4 is 4.43 Å². The van der Waals surface area contributed by atoms with Crippen molar-refractivity contribution in [2.24, 2.45) is 0 Å².